The van der Waals surface area contributed by atoms with E-state index < -0.39 is 0 Å². The Morgan fingerprint density at radius 3 is 2.90 bits per heavy atom. The van der Waals surface area contributed by atoms with Crippen LogP contribution in [0.15, 0.2) is 60.8 Å². The molecule has 3 aromatic rings. The van der Waals surface area contributed by atoms with Gasteiger partial charge in [-0.3, -0.25) is 14.7 Å². The van der Waals surface area contributed by atoms with Gasteiger partial charge in [-0.2, -0.15) is 0 Å². The molecule has 0 radical (unpaired) electrons. The van der Waals surface area contributed by atoms with E-state index in [9.17, 15) is 4.79 Å². The number of morpholine rings is 1. The smallest absolute Gasteiger partial charge is 0.234 e. The van der Waals surface area contributed by atoms with E-state index in [1.54, 1.807) is 13.3 Å². The molecule has 1 unspecified atom stereocenters. The molecule has 1 aromatic heterocycles. The topological polar surface area (TPSA) is 63.7 Å². The molecule has 1 N–H and O–H groups in total. The van der Waals surface area contributed by atoms with Gasteiger partial charge in [-0.05, 0) is 46.7 Å². The number of ether oxygens (including phenoxy) is 2. The number of hydrogen-bond acceptors (Lipinski definition) is 5. The van der Waals surface area contributed by atoms with Crippen molar-refractivity contribution in [2.75, 3.05) is 33.4 Å². The van der Waals surface area contributed by atoms with Crippen molar-refractivity contribution in [1.29, 1.82) is 0 Å². The highest BCUT2D eigenvalue weighted by molar-refractivity contribution is 5.84. The number of pyridine rings is 1. The number of amides is 1. The Morgan fingerprint density at radius 2 is 2.07 bits per heavy atom. The van der Waals surface area contributed by atoms with Gasteiger partial charge in [0.05, 0.1) is 38.6 Å². The number of aromatic nitrogens is 1. The molecule has 1 aliphatic rings. The van der Waals surface area contributed by atoms with Gasteiger partial charge in [-0.25, -0.2) is 0 Å². The lowest BCUT2D eigenvalue weighted by atomic mass is 10.0. The molecule has 0 bridgehead atoms. The third kappa shape index (κ3) is 4.91. The van der Waals surface area contributed by atoms with Crippen molar-refractivity contribution in [2.45, 2.75) is 12.6 Å². The van der Waals surface area contributed by atoms with Crippen LogP contribution in [0.5, 0.6) is 5.75 Å². The molecular formula is C23H25N3O3. The number of nitrogens with one attached hydrogen (secondary N) is 1. The number of benzene rings is 2. The van der Waals surface area contributed by atoms with Crippen molar-refractivity contribution >= 4 is 16.7 Å². The number of fused-ring (bicyclic) bond motifs is 1. The minimum Gasteiger partial charge on any atom is -0.497 e. The summed E-state index contributed by atoms with van der Waals surface area (Å²) in [5, 5.41) is 5.22. The van der Waals surface area contributed by atoms with E-state index in [2.05, 4.69) is 39.5 Å². The van der Waals surface area contributed by atoms with Gasteiger partial charge in [0.15, 0.2) is 0 Å². The van der Waals surface area contributed by atoms with Crippen LogP contribution in [0.2, 0.25) is 0 Å². The maximum absolute atomic E-state index is 12.3. The molecule has 1 aliphatic heterocycles. The van der Waals surface area contributed by atoms with Gasteiger partial charge >= 0.3 is 0 Å². The summed E-state index contributed by atoms with van der Waals surface area (Å²) in [6.45, 7) is 2.86. The van der Waals surface area contributed by atoms with Crippen LogP contribution in [0.4, 0.5) is 0 Å². The first kappa shape index (κ1) is 19.4. The second kappa shape index (κ2) is 9.03. The molecule has 150 valence electrons. The van der Waals surface area contributed by atoms with Crippen molar-refractivity contribution in [3.63, 3.8) is 0 Å². The lowest BCUT2D eigenvalue weighted by molar-refractivity contribution is -0.124. The van der Waals surface area contributed by atoms with Crippen molar-refractivity contribution < 1.29 is 14.3 Å². The summed E-state index contributed by atoms with van der Waals surface area (Å²) >= 11 is 0. The van der Waals surface area contributed by atoms with E-state index >= 15 is 0 Å². The fraction of sp³-hybridized carbons (Fsp3) is 0.304. The first-order valence-electron chi connectivity index (χ1n) is 9.79. The van der Waals surface area contributed by atoms with Crippen molar-refractivity contribution in [3.05, 3.63) is 72.1 Å². The Kier molecular flexibility index (Phi) is 6.03. The van der Waals surface area contributed by atoms with Crippen molar-refractivity contribution in [2.24, 2.45) is 0 Å². The molecule has 2 aromatic carbocycles. The fourth-order valence-corrected chi connectivity index (χ4v) is 3.57. The van der Waals surface area contributed by atoms with Gasteiger partial charge in [-0.1, -0.05) is 24.3 Å². The molecule has 1 fully saturated rings. The highest BCUT2D eigenvalue weighted by atomic mass is 16.5. The zero-order chi connectivity index (χ0) is 20.1. The summed E-state index contributed by atoms with van der Waals surface area (Å²) in [5.41, 5.74) is 1.98. The Labute approximate surface area is 170 Å². The number of carbonyl (C=O) groups excluding carboxylic acids is 1. The fourth-order valence-electron chi connectivity index (χ4n) is 3.57. The van der Waals surface area contributed by atoms with Gasteiger partial charge in [-0.15, -0.1) is 0 Å². The number of nitrogens with zero attached hydrogens (tertiary/aromatic N) is 2. The molecule has 2 heterocycles. The van der Waals surface area contributed by atoms with E-state index in [0.29, 0.717) is 26.2 Å². The number of carbonyl (C=O) groups is 1. The van der Waals surface area contributed by atoms with Crippen molar-refractivity contribution in [1.82, 2.24) is 15.2 Å². The zero-order valence-corrected chi connectivity index (χ0v) is 16.5. The average molecular weight is 391 g/mol. The van der Waals surface area contributed by atoms with Gasteiger partial charge in [0, 0.05) is 19.3 Å². The molecule has 0 aliphatic carbocycles. The number of hydrogen-bond donors (Lipinski definition) is 1. The molecule has 0 spiro atoms. The van der Waals surface area contributed by atoms with Crippen LogP contribution >= 0.6 is 0 Å². The van der Waals surface area contributed by atoms with Gasteiger partial charge in [0.1, 0.15) is 5.75 Å². The first-order chi connectivity index (χ1) is 14.2. The van der Waals surface area contributed by atoms with E-state index in [4.69, 9.17) is 9.47 Å². The van der Waals surface area contributed by atoms with E-state index in [1.807, 2.05) is 30.3 Å². The summed E-state index contributed by atoms with van der Waals surface area (Å²) < 4.78 is 11.3. The second-order valence-corrected chi connectivity index (χ2v) is 7.16. The Hall–Kier alpha value is -2.96. The van der Waals surface area contributed by atoms with Gasteiger partial charge < -0.3 is 14.8 Å². The molecule has 6 nitrogen and oxygen atoms in total. The SMILES string of the molecule is COc1ccc2cc(C3CN(CC(=O)NCc4ccccn4)CCO3)ccc2c1. The maximum atomic E-state index is 12.3. The Bertz CT molecular complexity index is 978. The third-order valence-corrected chi connectivity index (χ3v) is 5.15. The summed E-state index contributed by atoms with van der Waals surface area (Å²) in [4.78, 5) is 18.7. The van der Waals surface area contributed by atoms with Crippen LogP contribution in [0.25, 0.3) is 10.8 Å². The average Bonchev–Trinajstić information content (AvgIpc) is 2.78. The minimum absolute atomic E-state index is 0.00177. The largest absolute Gasteiger partial charge is 0.497 e. The first-order valence-corrected chi connectivity index (χ1v) is 9.79. The van der Waals surface area contributed by atoms with Crippen LogP contribution in [0, 0.1) is 0 Å². The molecule has 4 rings (SSSR count). The van der Waals surface area contributed by atoms with Crippen LogP contribution in [-0.4, -0.2) is 49.1 Å². The highest BCUT2D eigenvalue weighted by Gasteiger charge is 2.23. The number of rotatable bonds is 6. The Balaban J connectivity index is 1.36. The lowest BCUT2D eigenvalue weighted by Gasteiger charge is -2.32. The summed E-state index contributed by atoms with van der Waals surface area (Å²) in [6.07, 6.45) is 1.69. The third-order valence-electron chi connectivity index (χ3n) is 5.15. The molecule has 29 heavy (non-hydrogen) atoms. The van der Waals surface area contributed by atoms with E-state index in [0.717, 1.165) is 34.3 Å². The van der Waals surface area contributed by atoms with E-state index in [-0.39, 0.29) is 12.0 Å². The molecule has 6 heteroatoms. The molecule has 0 saturated carbocycles. The van der Waals surface area contributed by atoms with Crippen LogP contribution < -0.4 is 10.1 Å². The predicted molar refractivity (Wildman–Crippen MR) is 112 cm³/mol. The van der Waals surface area contributed by atoms with Gasteiger partial charge in [0.25, 0.3) is 0 Å². The molecule has 1 amide bonds. The molecular weight excluding hydrogens is 366 g/mol. The second-order valence-electron chi connectivity index (χ2n) is 7.16. The van der Waals surface area contributed by atoms with Gasteiger partial charge in [0.2, 0.25) is 5.91 Å². The Morgan fingerprint density at radius 1 is 1.21 bits per heavy atom. The minimum atomic E-state index is -0.0427. The highest BCUT2D eigenvalue weighted by Crippen LogP contribution is 2.27. The lowest BCUT2D eigenvalue weighted by Crippen LogP contribution is -2.44. The normalized spacial score (nSPS) is 17.2. The van der Waals surface area contributed by atoms with Crippen LogP contribution in [0.1, 0.15) is 17.4 Å². The summed E-state index contributed by atoms with van der Waals surface area (Å²) in [7, 11) is 1.67. The maximum Gasteiger partial charge on any atom is 0.234 e. The summed E-state index contributed by atoms with van der Waals surface area (Å²) in [6, 6.07) is 18.1. The number of methoxy groups -OCH3 is 1. The quantitative estimate of drug-likeness (QED) is 0.700. The molecule has 1 atom stereocenters. The van der Waals surface area contributed by atoms with Crippen molar-refractivity contribution in [3.8, 4) is 5.75 Å². The monoisotopic (exact) mass is 391 g/mol. The predicted octanol–water partition coefficient (Wildman–Crippen LogP) is 2.93. The zero-order valence-electron chi connectivity index (χ0n) is 16.5. The van der Waals surface area contributed by atoms with Crippen LogP contribution in [-0.2, 0) is 16.1 Å². The summed E-state index contributed by atoms with van der Waals surface area (Å²) in [5.74, 6) is 0.851. The van der Waals surface area contributed by atoms with Crippen LogP contribution in [0.3, 0.4) is 0 Å². The molecule has 1 saturated heterocycles. The standard InChI is InChI=1S/C23H25N3O3/c1-28-21-8-7-17-12-19(6-5-18(17)13-21)22-15-26(10-11-29-22)16-23(27)25-14-20-4-2-3-9-24-20/h2-9,12-13,22H,10-11,14-16H2,1H3,(H,25,27). The van der Waals surface area contributed by atoms with E-state index in [1.165, 1.54) is 0 Å².